The van der Waals surface area contributed by atoms with Crippen LogP contribution in [0.1, 0.15) is 22.6 Å². The first-order valence-corrected chi connectivity index (χ1v) is 12.0. The summed E-state index contributed by atoms with van der Waals surface area (Å²) < 4.78 is 34.2. The molecule has 8 nitrogen and oxygen atoms in total. The van der Waals surface area contributed by atoms with Crippen LogP contribution in [0.5, 0.6) is 17.4 Å². The van der Waals surface area contributed by atoms with Gasteiger partial charge in [-0.2, -0.15) is 0 Å². The third kappa shape index (κ3) is 3.29. The minimum absolute atomic E-state index is 0.154. The lowest BCUT2D eigenvalue weighted by molar-refractivity contribution is 0.416. The normalized spacial score (nSPS) is 14.2. The van der Waals surface area contributed by atoms with Crippen molar-refractivity contribution in [2.75, 3.05) is 7.11 Å². The quantitative estimate of drug-likeness (QED) is 0.261. The molecule has 0 spiro atoms. The van der Waals surface area contributed by atoms with E-state index in [4.69, 9.17) is 30.5 Å². The number of benzene rings is 3. The van der Waals surface area contributed by atoms with Crippen LogP contribution in [0.25, 0.3) is 28.0 Å². The molecule has 0 aliphatic carbocycles. The van der Waals surface area contributed by atoms with Gasteiger partial charge in [0.2, 0.25) is 5.88 Å². The molecule has 38 heavy (non-hydrogen) atoms. The van der Waals surface area contributed by atoms with Gasteiger partial charge in [0.25, 0.3) is 0 Å². The first-order chi connectivity index (χ1) is 18.5. The van der Waals surface area contributed by atoms with Crippen molar-refractivity contribution < 1.29 is 18.3 Å². The number of halogens is 2. The number of aromatic nitrogens is 4. The standard InChI is InChI=1S/C28H16ClFN4O4/c1-36-19-11-10-14(29)12-17(19)25-32-26-23-21(15-6-2-4-8-18(15)30)22-24(38-27(23)31-13-34(26)33-25)16-7-3-5-9-20(16)37-28(22)35/h2-13,21H,1H3. The maximum atomic E-state index is 15.4. The zero-order valence-electron chi connectivity index (χ0n) is 19.7. The minimum Gasteiger partial charge on any atom is -0.496 e. The van der Waals surface area contributed by atoms with Crippen molar-refractivity contribution in [1.29, 1.82) is 0 Å². The Labute approximate surface area is 218 Å². The maximum Gasteiger partial charge on any atom is 0.344 e. The van der Waals surface area contributed by atoms with E-state index in [1.165, 1.54) is 24.0 Å². The van der Waals surface area contributed by atoms with Crippen LogP contribution in [0.15, 0.2) is 82.3 Å². The Bertz CT molecular complexity index is 1970. The monoisotopic (exact) mass is 526 g/mol. The SMILES string of the molecule is COc1ccc(Cl)cc1-c1nc2c3c(ncn2n1)Oc1c(c(=O)oc2ccccc12)C3c1ccccc1F. The summed E-state index contributed by atoms with van der Waals surface area (Å²) in [6.45, 7) is 0. The lowest BCUT2D eigenvalue weighted by Gasteiger charge is -2.27. The van der Waals surface area contributed by atoms with Crippen LogP contribution < -0.4 is 15.1 Å². The van der Waals surface area contributed by atoms with Gasteiger partial charge >= 0.3 is 5.63 Å². The molecule has 1 aliphatic heterocycles. The molecule has 0 N–H and O–H groups in total. The Hall–Kier alpha value is -4.76. The second kappa shape index (κ2) is 8.39. The summed E-state index contributed by atoms with van der Waals surface area (Å²) in [5.74, 6) is -0.140. The Kier molecular flexibility index (Phi) is 4.95. The van der Waals surface area contributed by atoms with Crippen molar-refractivity contribution in [2.45, 2.75) is 5.92 Å². The molecule has 0 fully saturated rings. The molecule has 1 aliphatic rings. The van der Waals surface area contributed by atoms with Crippen LogP contribution >= 0.6 is 11.6 Å². The molecular weight excluding hydrogens is 511 g/mol. The van der Waals surface area contributed by atoms with E-state index in [9.17, 15) is 4.79 Å². The predicted octanol–water partition coefficient (Wildman–Crippen LogP) is 5.98. The van der Waals surface area contributed by atoms with Crippen LogP contribution in [-0.2, 0) is 0 Å². The summed E-state index contributed by atoms with van der Waals surface area (Å²) in [4.78, 5) is 22.6. The van der Waals surface area contributed by atoms with Gasteiger partial charge in [0, 0.05) is 10.6 Å². The van der Waals surface area contributed by atoms with E-state index in [0.29, 0.717) is 44.3 Å². The highest BCUT2D eigenvalue weighted by molar-refractivity contribution is 6.30. The average Bonchev–Trinajstić information content (AvgIpc) is 3.37. The number of nitrogens with zero attached hydrogens (tertiary/aromatic N) is 4. The first-order valence-electron chi connectivity index (χ1n) is 11.6. The summed E-state index contributed by atoms with van der Waals surface area (Å²) in [6.07, 6.45) is 1.46. The molecule has 10 heteroatoms. The molecule has 0 saturated carbocycles. The van der Waals surface area contributed by atoms with Gasteiger partial charge in [-0.1, -0.05) is 41.9 Å². The van der Waals surface area contributed by atoms with Gasteiger partial charge in [-0.25, -0.2) is 23.7 Å². The van der Waals surface area contributed by atoms with Crippen LogP contribution in [0.3, 0.4) is 0 Å². The second-order valence-corrected chi connectivity index (χ2v) is 9.13. The highest BCUT2D eigenvalue weighted by atomic mass is 35.5. The van der Waals surface area contributed by atoms with Gasteiger partial charge in [-0.15, -0.1) is 5.10 Å². The summed E-state index contributed by atoms with van der Waals surface area (Å²) in [5, 5.41) is 5.62. The molecule has 6 aromatic rings. The number of rotatable bonds is 3. The largest absolute Gasteiger partial charge is 0.496 e. The highest BCUT2D eigenvalue weighted by Gasteiger charge is 2.38. The van der Waals surface area contributed by atoms with Crippen LogP contribution in [0, 0.1) is 5.82 Å². The Morgan fingerprint density at radius 3 is 2.71 bits per heavy atom. The van der Waals surface area contributed by atoms with Crippen molar-refractivity contribution in [3.8, 4) is 28.8 Å². The molecular formula is C28H16ClFN4O4. The number of methoxy groups -OCH3 is 1. The van der Waals surface area contributed by atoms with Crippen molar-refractivity contribution in [1.82, 2.24) is 19.6 Å². The van der Waals surface area contributed by atoms with Crippen LogP contribution in [0.4, 0.5) is 4.39 Å². The second-order valence-electron chi connectivity index (χ2n) is 8.70. The molecule has 3 aromatic carbocycles. The molecule has 3 aromatic heterocycles. The predicted molar refractivity (Wildman–Crippen MR) is 138 cm³/mol. The third-order valence-corrected chi connectivity index (χ3v) is 6.82. The van der Waals surface area contributed by atoms with E-state index >= 15 is 4.39 Å². The van der Waals surface area contributed by atoms with Crippen molar-refractivity contribution >= 4 is 28.2 Å². The van der Waals surface area contributed by atoms with Gasteiger partial charge < -0.3 is 13.9 Å². The molecule has 0 saturated heterocycles. The Balaban J connectivity index is 1.56. The molecule has 0 radical (unpaired) electrons. The van der Waals surface area contributed by atoms with Crippen LogP contribution in [0.2, 0.25) is 5.02 Å². The first kappa shape index (κ1) is 22.4. The summed E-state index contributed by atoms with van der Waals surface area (Å²) in [5.41, 5.74) is 1.39. The zero-order valence-corrected chi connectivity index (χ0v) is 20.4. The van der Waals surface area contributed by atoms with Gasteiger partial charge in [-0.3, -0.25) is 0 Å². The molecule has 1 atom stereocenters. The fraction of sp³-hybridized carbons (Fsp3) is 0.0714. The van der Waals surface area contributed by atoms with E-state index < -0.39 is 17.4 Å². The Morgan fingerprint density at radius 1 is 1.05 bits per heavy atom. The van der Waals surface area contributed by atoms with E-state index in [0.717, 1.165) is 0 Å². The molecule has 7 rings (SSSR count). The van der Waals surface area contributed by atoms with E-state index in [1.54, 1.807) is 60.7 Å². The van der Waals surface area contributed by atoms with Gasteiger partial charge in [0.1, 0.15) is 23.5 Å². The molecule has 186 valence electrons. The lowest BCUT2D eigenvalue weighted by atomic mass is 9.84. The van der Waals surface area contributed by atoms with Gasteiger partial charge in [0.05, 0.1) is 35.1 Å². The van der Waals surface area contributed by atoms with E-state index in [2.05, 4.69) is 10.1 Å². The third-order valence-electron chi connectivity index (χ3n) is 6.58. The van der Waals surface area contributed by atoms with Crippen LogP contribution in [-0.4, -0.2) is 26.7 Å². The summed E-state index contributed by atoms with van der Waals surface area (Å²) in [7, 11) is 1.54. The number of hydrogen-bond donors (Lipinski definition) is 0. The lowest BCUT2D eigenvalue weighted by Crippen LogP contribution is -2.23. The molecule has 4 heterocycles. The molecule has 0 amide bonds. The molecule has 1 unspecified atom stereocenters. The van der Waals surface area contributed by atoms with Crippen molar-refractivity contribution in [3.63, 3.8) is 0 Å². The minimum atomic E-state index is -0.926. The molecule has 0 bridgehead atoms. The smallest absolute Gasteiger partial charge is 0.344 e. The number of fused-ring (bicyclic) bond motifs is 6. The number of ether oxygens (including phenoxy) is 2. The van der Waals surface area contributed by atoms with Crippen molar-refractivity contribution in [3.05, 3.63) is 111 Å². The Morgan fingerprint density at radius 2 is 1.87 bits per heavy atom. The van der Waals surface area contributed by atoms with Gasteiger partial charge in [-0.05, 0) is 36.4 Å². The van der Waals surface area contributed by atoms with Gasteiger partial charge in [0.15, 0.2) is 17.2 Å². The maximum absolute atomic E-state index is 15.4. The number of hydrogen-bond acceptors (Lipinski definition) is 7. The topological polar surface area (TPSA) is 91.8 Å². The summed E-state index contributed by atoms with van der Waals surface area (Å²) >= 11 is 6.24. The average molecular weight is 527 g/mol. The fourth-order valence-corrected chi connectivity index (χ4v) is 5.09. The van der Waals surface area contributed by atoms with Crippen molar-refractivity contribution in [2.24, 2.45) is 0 Å². The van der Waals surface area contributed by atoms with E-state index in [-0.39, 0.29) is 22.8 Å². The zero-order chi connectivity index (χ0) is 26.0. The summed E-state index contributed by atoms with van der Waals surface area (Å²) in [6, 6.07) is 18.4. The number of para-hydroxylation sites is 1. The fourth-order valence-electron chi connectivity index (χ4n) is 4.92. The van der Waals surface area contributed by atoms with E-state index in [1.807, 2.05) is 0 Å². The highest BCUT2D eigenvalue weighted by Crippen LogP contribution is 2.49.